The fourth-order valence-electron chi connectivity index (χ4n) is 2.07. The summed E-state index contributed by atoms with van der Waals surface area (Å²) in [7, 11) is 0. The fourth-order valence-corrected chi connectivity index (χ4v) is 2.07. The molecule has 1 heterocycles. The molecule has 3 nitrogen and oxygen atoms in total. The zero-order valence-electron chi connectivity index (χ0n) is 9.53. The Kier molecular flexibility index (Phi) is 3.67. The standard InChI is InChI=1S/C11H21NO2/c1-7(2)11(14)10-5-9(13)6-12(10)8(3)4/h7-10,13H,5-6H2,1-4H3/t9-,10+/m1/s1. The Morgan fingerprint density at radius 1 is 1.36 bits per heavy atom. The molecular formula is C11H21NO2. The van der Waals surface area contributed by atoms with Gasteiger partial charge >= 0.3 is 0 Å². The van der Waals surface area contributed by atoms with Gasteiger partial charge in [-0.2, -0.15) is 0 Å². The van der Waals surface area contributed by atoms with E-state index in [9.17, 15) is 9.90 Å². The molecule has 1 rings (SSSR count). The van der Waals surface area contributed by atoms with Gasteiger partial charge in [0, 0.05) is 18.5 Å². The van der Waals surface area contributed by atoms with Crippen LogP contribution >= 0.6 is 0 Å². The van der Waals surface area contributed by atoms with Crippen molar-refractivity contribution in [2.24, 2.45) is 5.92 Å². The molecule has 14 heavy (non-hydrogen) atoms. The van der Waals surface area contributed by atoms with E-state index in [0.717, 1.165) is 0 Å². The summed E-state index contributed by atoms with van der Waals surface area (Å²) in [6.45, 7) is 8.62. The number of carbonyl (C=O) groups excluding carboxylic acids is 1. The van der Waals surface area contributed by atoms with E-state index in [2.05, 4.69) is 18.7 Å². The second kappa shape index (κ2) is 4.41. The molecule has 0 spiro atoms. The average Bonchev–Trinajstić information content (AvgIpc) is 2.45. The molecule has 82 valence electrons. The number of nitrogens with zero attached hydrogens (tertiary/aromatic N) is 1. The van der Waals surface area contributed by atoms with Crippen LogP contribution in [0.5, 0.6) is 0 Å². The summed E-state index contributed by atoms with van der Waals surface area (Å²) in [5.74, 6) is 0.321. The molecule has 1 N–H and O–H groups in total. The SMILES string of the molecule is CC(C)C(=O)[C@@H]1C[C@@H](O)CN1C(C)C. The van der Waals surface area contributed by atoms with Crippen LogP contribution in [0.15, 0.2) is 0 Å². The lowest BCUT2D eigenvalue weighted by atomic mass is 9.99. The van der Waals surface area contributed by atoms with Crippen molar-refractivity contribution in [2.45, 2.75) is 52.3 Å². The van der Waals surface area contributed by atoms with Crippen LogP contribution in [0.25, 0.3) is 0 Å². The van der Waals surface area contributed by atoms with Crippen LogP contribution < -0.4 is 0 Å². The lowest BCUT2D eigenvalue weighted by Gasteiger charge is -2.27. The first kappa shape index (κ1) is 11.7. The Bertz CT molecular complexity index is 213. The van der Waals surface area contributed by atoms with Gasteiger partial charge in [-0.15, -0.1) is 0 Å². The zero-order chi connectivity index (χ0) is 10.9. The summed E-state index contributed by atoms with van der Waals surface area (Å²) in [5.41, 5.74) is 0. The molecule has 0 aromatic carbocycles. The minimum absolute atomic E-state index is 0.0616. The lowest BCUT2D eigenvalue weighted by Crippen LogP contribution is -2.42. The molecule has 1 fully saturated rings. The number of aliphatic hydroxyl groups is 1. The first-order valence-corrected chi connectivity index (χ1v) is 5.41. The van der Waals surface area contributed by atoms with Crippen LogP contribution in [-0.2, 0) is 4.79 Å². The highest BCUT2D eigenvalue weighted by molar-refractivity contribution is 5.86. The summed E-state index contributed by atoms with van der Waals surface area (Å²) in [4.78, 5) is 14.0. The Morgan fingerprint density at radius 3 is 2.36 bits per heavy atom. The lowest BCUT2D eigenvalue weighted by molar-refractivity contribution is -0.126. The summed E-state index contributed by atoms with van der Waals surface area (Å²) in [5, 5.41) is 9.56. The van der Waals surface area contributed by atoms with Gasteiger partial charge in [0.2, 0.25) is 0 Å². The van der Waals surface area contributed by atoms with Crippen LogP contribution in [0.1, 0.15) is 34.1 Å². The van der Waals surface area contributed by atoms with Crippen molar-refractivity contribution >= 4 is 5.78 Å². The van der Waals surface area contributed by atoms with E-state index in [4.69, 9.17) is 0 Å². The van der Waals surface area contributed by atoms with Gasteiger partial charge in [0.15, 0.2) is 5.78 Å². The van der Waals surface area contributed by atoms with E-state index >= 15 is 0 Å². The molecule has 1 aliphatic heterocycles. The maximum atomic E-state index is 11.9. The number of hydrogen-bond acceptors (Lipinski definition) is 3. The van der Waals surface area contributed by atoms with Crippen molar-refractivity contribution in [3.63, 3.8) is 0 Å². The first-order chi connectivity index (χ1) is 6.43. The molecule has 1 saturated heterocycles. The predicted octanol–water partition coefficient (Wildman–Crippen LogP) is 1.06. The van der Waals surface area contributed by atoms with Crippen molar-refractivity contribution in [3.05, 3.63) is 0 Å². The normalized spacial score (nSPS) is 29.1. The molecule has 0 aliphatic carbocycles. The maximum Gasteiger partial charge on any atom is 0.152 e. The molecule has 0 bridgehead atoms. The molecule has 2 atom stereocenters. The number of likely N-dealkylation sites (tertiary alicyclic amines) is 1. The van der Waals surface area contributed by atoms with E-state index in [1.807, 2.05) is 13.8 Å². The van der Waals surface area contributed by atoms with E-state index in [1.165, 1.54) is 0 Å². The Hall–Kier alpha value is -0.410. The third kappa shape index (κ3) is 2.34. The van der Waals surface area contributed by atoms with Crippen LogP contribution in [0.4, 0.5) is 0 Å². The second-order valence-electron chi connectivity index (χ2n) is 4.75. The van der Waals surface area contributed by atoms with Crippen LogP contribution in [-0.4, -0.2) is 40.5 Å². The predicted molar refractivity (Wildman–Crippen MR) is 56.1 cm³/mol. The van der Waals surface area contributed by atoms with Crippen molar-refractivity contribution in [1.82, 2.24) is 4.90 Å². The van der Waals surface area contributed by atoms with Crippen molar-refractivity contribution in [1.29, 1.82) is 0 Å². The summed E-state index contributed by atoms with van der Waals surface area (Å²) >= 11 is 0. The Labute approximate surface area is 86.1 Å². The molecule has 0 aromatic heterocycles. The van der Waals surface area contributed by atoms with E-state index < -0.39 is 0 Å². The summed E-state index contributed by atoms with van der Waals surface area (Å²) < 4.78 is 0. The molecule has 0 unspecified atom stereocenters. The Balaban J connectivity index is 2.71. The number of rotatable bonds is 3. The van der Waals surface area contributed by atoms with Crippen LogP contribution in [0, 0.1) is 5.92 Å². The van der Waals surface area contributed by atoms with Gasteiger partial charge in [-0.1, -0.05) is 13.8 Å². The highest BCUT2D eigenvalue weighted by atomic mass is 16.3. The minimum Gasteiger partial charge on any atom is -0.392 e. The van der Waals surface area contributed by atoms with Gasteiger partial charge in [-0.25, -0.2) is 0 Å². The van der Waals surface area contributed by atoms with E-state index in [0.29, 0.717) is 19.0 Å². The van der Waals surface area contributed by atoms with Crippen molar-refractivity contribution in [3.8, 4) is 0 Å². The second-order valence-corrected chi connectivity index (χ2v) is 4.75. The largest absolute Gasteiger partial charge is 0.392 e. The number of carbonyl (C=O) groups is 1. The molecule has 0 amide bonds. The smallest absolute Gasteiger partial charge is 0.152 e. The third-order valence-corrected chi connectivity index (χ3v) is 2.88. The molecule has 3 heteroatoms. The van der Waals surface area contributed by atoms with Gasteiger partial charge in [0.25, 0.3) is 0 Å². The summed E-state index contributed by atoms with van der Waals surface area (Å²) in [6.07, 6.45) is 0.278. The number of Topliss-reactive ketones (excluding diaryl/α,β-unsaturated/α-hetero) is 1. The first-order valence-electron chi connectivity index (χ1n) is 5.41. The van der Waals surface area contributed by atoms with Gasteiger partial charge in [-0.3, -0.25) is 9.69 Å². The van der Waals surface area contributed by atoms with Crippen LogP contribution in [0.2, 0.25) is 0 Å². The number of β-amino-alcohol motifs (C(OH)–C–C–N with tert-alkyl or cyclic N) is 1. The van der Waals surface area contributed by atoms with Gasteiger partial charge in [-0.05, 0) is 20.3 Å². The number of ketones is 1. The molecular weight excluding hydrogens is 178 g/mol. The molecule has 0 radical (unpaired) electrons. The number of aliphatic hydroxyl groups excluding tert-OH is 1. The summed E-state index contributed by atoms with van der Waals surface area (Å²) in [6, 6.07) is 0.268. The minimum atomic E-state index is -0.329. The molecule has 0 aromatic rings. The topological polar surface area (TPSA) is 40.5 Å². The molecule has 0 saturated carbocycles. The van der Waals surface area contributed by atoms with Crippen LogP contribution in [0.3, 0.4) is 0 Å². The zero-order valence-corrected chi connectivity index (χ0v) is 9.53. The van der Waals surface area contributed by atoms with E-state index in [1.54, 1.807) is 0 Å². The number of hydrogen-bond donors (Lipinski definition) is 1. The monoisotopic (exact) mass is 199 g/mol. The highest BCUT2D eigenvalue weighted by Crippen LogP contribution is 2.23. The van der Waals surface area contributed by atoms with Gasteiger partial charge in [0.05, 0.1) is 12.1 Å². The van der Waals surface area contributed by atoms with Crippen molar-refractivity contribution < 1.29 is 9.90 Å². The maximum absolute atomic E-state index is 11.9. The van der Waals surface area contributed by atoms with E-state index in [-0.39, 0.29) is 23.8 Å². The quantitative estimate of drug-likeness (QED) is 0.738. The van der Waals surface area contributed by atoms with Gasteiger partial charge < -0.3 is 5.11 Å². The Morgan fingerprint density at radius 2 is 1.93 bits per heavy atom. The third-order valence-electron chi connectivity index (χ3n) is 2.88. The molecule has 1 aliphatic rings. The van der Waals surface area contributed by atoms with Crippen molar-refractivity contribution in [2.75, 3.05) is 6.54 Å². The average molecular weight is 199 g/mol. The van der Waals surface area contributed by atoms with Gasteiger partial charge in [0.1, 0.15) is 0 Å². The fraction of sp³-hybridized carbons (Fsp3) is 0.909. The highest BCUT2D eigenvalue weighted by Gasteiger charge is 2.37.